The summed E-state index contributed by atoms with van der Waals surface area (Å²) >= 11 is 9.57. The molecular formula is C16H17BrClN3. The monoisotopic (exact) mass is 365 g/mol. The zero-order chi connectivity index (χ0) is 14.8. The van der Waals surface area contributed by atoms with Gasteiger partial charge in [0.1, 0.15) is 5.82 Å². The molecule has 1 aromatic heterocycles. The highest BCUT2D eigenvalue weighted by Crippen LogP contribution is 2.40. The zero-order valence-electron chi connectivity index (χ0n) is 11.9. The Balaban J connectivity index is 2.01. The van der Waals surface area contributed by atoms with Crippen molar-refractivity contribution in [3.05, 3.63) is 39.5 Å². The summed E-state index contributed by atoms with van der Waals surface area (Å²) in [6.45, 7) is 3.06. The summed E-state index contributed by atoms with van der Waals surface area (Å²) < 4.78 is 0.921. The van der Waals surface area contributed by atoms with E-state index in [0.717, 1.165) is 40.3 Å². The number of nitrogens with one attached hydrogen (secondary N) is 1. The second-order valence-corrected chi connectivity index (χ2v) is 6.62. The van der Waals surface area contributed by atoms with E-state index in [2.05, 4.69) is 39.2 Å². The molecular weight excluding hydrogens is 350 g/mol. The Morgan fingerprint density at radius 1 is 1.29 bits per heavy atom. The van der Waals surface area contributed by atoms with Gasteiger partial charge in [-0.2, -0.15) is 0 Å². The average molecular weight is 367 g/mol. The molecule has 0 amide bonds. The van der Waals surface area contributed by atoms with Gasteiger partial charge in [0.25, 0.3) is 0 Å². The molecule has 1 saturated carbocycles. The van der Waals surface area contributed by atoms with Crippen molar-refractivity contribution in [1.82, 2.24) is 9.97 Å². The molecule has 1 aliphatic rings. The molecule has 0 atom stereocenters. The van der Waals surface area contributed by atoms with Gasteiger partial charge < -0.3 is 5.32 Å². The minimum atomic E-state index is 0.597. The van der Waals surface area contributed by atoms with E-state index in [1.807, 2.05) is 18.2 Å². The third-order valence-electron chi connectivity index (χ3n) is 3.47. The van der Waals surface area contributed by atoms with Crippen molar-refractivity contribution in [2.24, 2.45) is 0 Å². The van der Waals surface area contributed by atoms with Crippen molar-refractivity contribution in [3.63, 3.8) is 0 Å². The molecule has 1 aliphatic carbocycles. The van der Waals surface area contributed by atoms with Gasteiger partial charge in [-0.1, -0.05) is 18.5 Å². The first-order valence-corrected chi connectivity index (χ1v) is 8.42. The molecule has 0 saturated heterocycles. The first kappa shape index (κ1) is 14.8. The molecule has 3 rings (SSSR count). The molecule has 0 aliphatic heterocycles. The fourth-order valence-corrected chi connectivity index (χ4v) is 3.05. The molecule has 3 nitrogen and oxygen atoms in total. The summed E-state index contributed by atoms with van der Waals surface area (Å²) in [5.74, 6) is 2.26. The van der Waals surface area contributed by atoms with Gasteiger partial charge in [-0.15, -0.1) is 0 Å². The SMILES string of the molecule is CCCNc1cc(C2CC2)nc(-c2ccc(Cl)cc2Br)n1. The van der Waals surface area contributed by atoms with Crippen LogP contribution in [0.3, 0.4) is 0 Å². The molecule has 1 N–H and O–H groups in total. The maximum atomic E-state index is 6.01. The van der Waals surface area contributed by atoms with Crippen molar-refractivity contribution < 1.29 is 0 Å². The Morgan fingerprint density at radius 3 is 2.76 bits per heavy atom. The highest BCUT2D eigenvalue weighted by Gasteiger charge is 2.26. The van der Waals surface area contributed by atoms with E-state index in [-0.39, 0.29) is 0 Å². The Bertz CT molecular complexity index is 656. The second kappa shape index (κ2) is 6.32. The van der Waals surface area contributed by atoms with Crippen molar-refractivity contribution >= 4 is 33.3 Å². The fourth-order valence-electron chi connectivity index (χ4n) is 2.19. The third-order valence-corrected chi connectivity index (χ3v) is 4.36. The van der Waals surface area contributed by atoms with E-state index in [0.29, 0.717) is 10.9 Å². The molecule has 0 spiro atoms. The van der Waals surface area contributed by atoms with Crippen LogP contribution in [0, 0.1) is 0 Å². The van der Waals surface area contributed by atoms with E-state index in [1.54, 1.807) is 0 Å². The largest absolute Gasteiger partial charge is 0.370 e. The first-order chi connectivity index (χ1) is 10.2. The standard InChI is InChI=1S/C16H17BrClN3/c1-2-7-19-15-9-14(10-3-4-10)20-16(21-15)12-6-5-11(18)8-13(12)17/h5-6,8-10H,2-4,7H2,1H3,(H,19,20,21). The molecule has 1 fully saturated rings. The number of halogens is 2. The maximum Gasteiger partial charge on any atom is 0.162 e. The van der Waals surface area contributed by atoms with Crippen LogP contribution in [0.4, 0.5) is 5.82 Å². The summed E-state index contributed by atoms with van der Waals surface area (Å²) in [5.41, 5.74) is 2.11. The highest BCUT2D eigenvalue weighted by atomic mass is 79.9. The van der Waals surface area contributed by atoms with Crippen LogP contribution in [-0.2, 0) is 0 Å². The van der Waals surface area contributed by atoms with Gasteiger partial charge in [0.05, 0.1) is 0 Å². The van der Waals surface area contributed by atoms with Gasteiger partial charge >= 0.3 is 0 Å². The van der Waals surface area contributed by atoms with Crippen LogP contribution >= 0.6 is 27.5 Å². The Hall–Kier alpha value is -1.13. The van der Waals surface area contributed by atoms with Crippen LogP contribution in [0.15, 0.2) is 28.7 Å². The minimum Gasteiger partial charge on any atom is -0.370 e. The molecule has 1 heterocycles. The van der Waals surface area contributed by atoms with Crippen molar-refractivity contribution in [1.29, 1.82) is 0 Å². The van der Waals surface area contributed by atoms with Crippen molar-refractivity contribution in [3.8, 4) is 11.4 Å². The van der Waals surface area contributed by atoms with Gasteiger partial charge in [-0.3, -0.25) is 0 Å². The third kappa shape index (κ3) is 3.55. The van der Waals surface area contributed by atoms with Crippen LogP contribution in [-0.4, -0.2) is 16.5 Å². The van der Waals surface area contributed by atoms with Crippen LogP contribution in [0.2, 0.25) is 5.02 Å². The minimum absolute atomic E-state index is 0.597. The van der Waals surface area contributed by atoms with Crippen LogP contribution in [0.1, 0.15) is 37.8 Å². The van der Waals surface area contributed by atoms with Crippen molar-refractivity contribution in [2.45, 2.75) is 32.1 Å². The maximum absolute atomic E-state index is 6.01. The van der Waals surface area contributed by atoms with Crippen LogP contribution < -0.4 is 5.32 Å². The van der Waals surface area contributed by atoms with Gasteiger partial charge in [0.2, 0.25) is 0 Å². The van der Waals surface area contributed by atoms with Crippen LogP contribution in [0.25, 0.3) is 11.4 Å². The lowest BCUT2D eigenvalue weighted by Crippen LogP contribution is -2.05. The van der Waals surface area contributed by atoms with Crippen molar-refractivity contribution in [2.75, 3.05) is 11.9 Å². The topological polar surface area (TPSA) is 37.8 Å². The molecule has 0 unspecified atom stereocenters. The molecule has 1 aromatic carbocycles. The van der Waals surface area contributed by atoms with E-state index in [9.17, 15) is 0 Å². The smallest absolute Gasteiger partial charge is 0.162 e. The summed E-state index contributed by atoms with van der Waals surface area (Å²) in [7, 11) is 0. The summed E-state index contributed by atoms with van der Waals surface area (Å²) in [6.07, 6.45) is 3.53. The van der Waals surface area contributed by atoms with E-state index in [4.69, 9.17) is 16.6 Å². The van der Waals surface area contributed by atoms with E-state index < -0.39 is 0 Å². The number of aromatic nitrogens is 2. The molecule has 5 heteroatoms. The summed E-state index contributed by atoms with van der Waals surface area (Å²) in [5, 5.41) is 4.07. The fraction of sp³-hybridized carbons (Fsp3) is 0.375. The number of nitrogens with zero attached hydrogens (tertiary/aromatic N) is 2. The number of rotatable bonds is 5. The average Bonchev–Trinajstić information content (AvgIpc) is 3.29. The van der Waals surface area contributed by atoms with Gasteiger partial charge in [0.15, 0.2) is 5.82 Å². The van der Waals surface area contributed by atoms with Gasteiger partial charge in [0, 0.05) is 39.3 Å². The van der Waals surface area contributed by atoms with E-state index in [1.165, 1.54) is 12.8 Å². The first-order valence-electron chi connectivity index (χ1n) is 7.25. The highest BCUT2D eigenvalue weighted by molar-refractivity contribution is 9.10. The lowest BCUT2D eigenvalue weighted by molar-refractivity contribution is 0.948. The Labute approximate surface area is 138 Å². The molecule has 2 aromatic rings. The van der Waals surface area contributed by atoms with Gasteiger partial charge in [-0.05, 0) is 53.4 Å². The Morgan fingerprint density at radius 2 is 2.10 bits per heavy atom. The summed E-state index contributed by atoms with van der Waals surface area (Å²) in [6, 6.07) is 7.79. The molecule has 0 radical (unpaired) electrons. The molecule has 21 heavy (non-hydrogen) atoms. The number of hydrogen-bond acceptors (Lipinski definition) is 3. The molecule has 0 bridgehead atoms. The Kier molecular flexibility index (Phi) is 4.45. The van der Waals surface area contributed by atoms with Crippen LogP contribution in [0.5, 0.6) is 0 Å². The lowest BCUT2D eigenvalue weighted by Gasteiger charge is -2.10. The molecule has 110 valence electrons. The van der Waals surface area contributed by atoms with E-state index >= 15 is 0 Å². The second-order valence-electron chi connectivity index (χ2n) is 5.33. The quantitative estimate of drug-likeness (QED) is 0.784. The number of benzene rings is 1. The summed E-state index contributed by atoms with van der Waals surface area (Å²) in [4.78, 5) is 9.39. The van der Waals surface area contributed by atoms with Gasteiger partial charge in [-0.25, -0.2) is 9.97 Å². The number of hydrogen-bond donors (Lipinski definition) is 1. The lowest BCUT2D eigenvalue weighted by atomic mass is 10.2. The predicted octanol–water partition coefficient (Wildman–Crippen LogP) is 5.26. The zero-order valence-corrected chi connectivity index (χ0v) is 14.2. The predicted molar refractivity (Wildman–Crippen MR) is 90.9 cm³/mol. The number of anilines is 1. The normalized spacial score (nSPS) is 14.2.